The van der Waals surface area contributed by atoms with Crippen LogP contribution in [0.2, 0.25) is 0 Å². The van der Waals surface area contributed by atoms with Gasteiger partial charge < -0.3 is 4.74 Å². The normalized spacial score (nSPS) is 12.0. The Morgan fingerprint density at radius 2 is 1.07 bits per heavy atom. The molecular weight excluding hydrogens is 518 g/mol. The fraction of sp³-hybridized carbons (Fsp3) is 0.139. The summed E-state index contributed by atoms with van der Waals surface area (Å²) in [4.78, 5) is 2.45. The third-order valence-electron chi connectivity index (χ3n) is 7.49. The second-order valence-electron chi connectivity index (χ2n) is 10.3. The molecule has 0 radical (unpaired) electrons. The van der Waals surface area contributed by atoms with Crippen LogP contribution in [0.15, 0.2) is 146 Å². The second kappa shape index (κ2) is 13.1. The average molecular weight is 552 g/mol. The average Bonchev–Trinajstić information content (AvgIpc) is 3.52. The summed E-state index contributed by atoms with van der Waals surface area (Å²) >= 11 is 0. The molecule has 0 saturated heterocycles. The van der Waals surface area contributed by atoms with Crippen molar-refractivity contribution in [3.05, 3.63) is 179 Å². The minimum absolute atomic E-state index is 0.201. The smallest absolute Gasteiger partial charge is 0.174 e. The number of aromatic nitrogens is 4. The van der Waals surface area contributed by atoms with Gasteiger partial charge in [-0.25, -0.2) is 4.68 Å². The van der Waals surface area contributed by atoms with Gasteiger partial charge in [0.1, 0.15) is 11.8 Å². The van der Waals surface area contributed by atoms with Gasteiger partial charge in [-0.1, -0.05) is 133 Å². The van der Waals surface area contributed by atoms with Crippen LogP contribution < -0.4 is 4.74 Å². The molecule has 1 heterocycles. The summed E-state index contributed by atoms with van der Waals surface area (Å²) in [5, 5.41) is 13.7. The summed E-state index contributed by atoms with van der Waals surface area (Å²) in [6.45, 7) is 1.42. The predicted molar refractivity (Wildman–Crippen MR) is 165 cm³/mol. The molecule has 208 valence electrons. The Bertz CT molecular complexity index is 1580. The SMILES string of the molecule is COc1ccc([C@H](c2nnnn2C(c2ccccc2)c2ccccc2)N(Cc2ccccc2)Cc2ccccc2)cc1. The second-order valence-corrected chi connectivity index (χ2v) is 10.3. The van der Waals surface area contributed by atoms with Crippen molar-refractivity contribution >= 4 is 0 Å². The Balaban J connectivity index is 1.52. The van der Waals surface area contributed by atoms with Crippen LogP contribution in [0.1, 0.15) is 45.7 Å². The maximum atomic E-state index is 5.51. The quantitative estimate of drug-likeness (QED) is 0.172. The van der Waals surface area contributed by atoms with Crippen molar-refractivity contribution in [2.75, 3.05) is 7.11 Å². The maximum absolute atomic E-state index is 5.51. The Kier molecular flexibility index (Phi) is 8.43. The monoisotopic (exact) mass is 551 g/mol. The van der Waals surface area contributed by atoms with E-state index in [2.05, 4.69) is 137 Å². The van der Waals surface area contributed by atoms with Crippen molar-refractivity contribution in [3.8, 4) is 5.75 Å². The lowest BCUT2D eigenvalue weighted by atomic mass is 9.97. The van der Waals surface area contributed by atoms with Gasteiger partial charge in [0.25, 0.3) is 0 Å². The Morgan fingerprint density at radius 3 is 1.55 bits per heavy atom. The molecule has 0 aliphatic rings. The fourth-order valence-corrected chi connectivity index (χ4v) is 5.49. The van der Waals surface area contributed by atoms with Gasteiger partial charge in [0.05, 0.1) is 13.2 Å². The van der Waals surface area contributed by atoms with Gasteiger partial charge in [-0.05, 0) is 50.4 Å². The highest BCUT2D eigenvalue weighted by Crippen LogP contribution is 2.35. The zero-order chi connectivity index (χ0) is 28.6. The molecule has 6 rings (SSSR count). The van der Waals surface area contributed by atoms with Crippen LogP contribution in [0.3, 0.4) is 0 Å². The van der Waals surface area contributed by atoms with Crippen LogP contribution in [-0.4, -0.2) is 32.2 Å². The summed E-state index contributed by atoms with van der Waals surface area (Å²) in [6.07, 6.45) is 0. The van der Waals surface area contributed by atoms with Gasteiger partial charge >= 0.3 is 0 Å². The van der Waals surface area contributed by atoms with Gasteiger partial charge in [0.15, 0.2) is 5.82 Å². The number of nitrogens with zero attached hydrogens (tertiary/aromatic N) is 5. The highest BCUT2D eigenvalue weighted by Gasteiger charge is 2.32. The van der Waals surface area contributed by atoms with Crippen LogP contribution in [-0.2, 0) is 13.1 Å². The van der Waals surface area contributed by atoms with Crippen molar-refractivity contribution < 1.29 is 4.74 Å². The topological polar surface area (TPSA) is 56.1 Å². The molecule has 0 unspecified atom stereocenters. The van der Waals surface area contributed by atoms with E-state index in [1.807, 2.05) is 28.9 Å². The van der Waals surface area contributed by atoms with Crippen molar-refractivity contribution in [2.45, 2.75) is 25.2 Å². The lowest BCUT2D eigenvalue weighted by molar-refractivity contribution is 0.194. The standard InChI is InChI=1S/C36H33N5O/c1-42-33-24-22-32(23-25-33)35(40(26-28-14-6-2-7-15-28)27-29-16-8-3-9-17-29)36-37-38-39-41(36)34(30-18-10-4-11-19-30)31-20-12-5-13-21-31/h2-25,34-35H,26-27H2,1H3/t35-/m1/s1. The summed E-state index contributed by atoms with van der Waals surface area (Å²) in [7, 11) is 1.69. The predicted octanol–water partition coefficient (Wildman–Crippen LogP) is 7.11. The molecule has 0 N–H and O–H groups in total. The number of hydrogen-bond acceptors (Lipinski definition) is 5. The summed E-state index contributed by atoms with van der Waals surface area (Å²) in [5.41, 5.74) is 5.74. The number of rotatable bonds is 11. The van der Waals surface area contributed by atoms with E-state index in [1.165, 1.54) is 11.1 Å². The minimum atomic E-state index is -0.249. The van der Waals surface area contributed by atoms with Gasteiger partial charge in [0, 0.05) is 13.1 Å². The molecule has 0 saturated carbocycles. The number of methoxy groups -OCH3 is 1. The van der Waals surface area contributed by atoms with Gasteiger partial charge in [0.2, 0.25) is 0 Å². The zero-order valence-electron chi connectivity index (χ0n) is 23.6. The molecule has 0 bridgehead atoms. The van der Waals surface area contributed by atoms with E-state index in [0.717, 1.165) is 28.3 Å². The van der Waals surface area contributed by atoms with Crippen LogP contribution >= 0.6 is 0 Å². The number of ether oxygens (including phenoxy) is 1. The van der Waals surface area contributed by atoms with E-state index >= 15 is 0 Å². The first-order valence-corrected chi connectivity index (χ1v) is 14.1. The first-order valence-electron chi connectivity index (χ1n) is 14.1. The molecule has 0 aliphatic heterocycles. The summed E-state index contributed by atoms with van der Waals surface area (Å²) < 4.78 is 7.50. The van der Waals surface area contributed by atoms with Crippen molar-refractivity contribution in [1.29, 1.82) is 0 Å². The van der Waals surface area contributed by atoms with E-state index in [0.29, 0.717) is 13.1 Å². The minimum Gasteiger partial charge on any atom is -0.497 e. The lowest BCUT2D eigenvalue weighted by Crippen LogP contribution is -2.32. The van der Waals surface area contributed by atoms with Gasteiger partial charge in [-0.3, -0.25) is 4.90 Å². The molecule has 6 aromatic rings. The van der Waals surface area contributed by atoms with Crippen LogP contribution in [0.4, 0.5) is 0 Å². The zero-order valence-corrected chi connectivity index (χ0v) is 23.6. The summed E-state index contributed by atoms with van der Waals surface area (Å²) in [5.74, 6) is 1.57. The van der Waals surface area contributed by atoms with Gasteiger partial charge in [-0.15, -0.1) is 5.10 Å². The molecule has 1 atom stereocenters. The lowest BCUT2D eigenvalue weighted by Gasteiger charge is -2.33. The Labute approximate surface area is 246 Å². The molecule has 0 fully saturated rings. The third kappa shape index (κ3) is 6.14. The van der Waals surface area contributed by atoms with Crippen LogP contribution in [0.25, 0.3) is 0 Å². The van der Waals surface area contributed by atoms with E-state index in [4.69, 9.17) is 9.84 Å². The first kappa shape index (κ1) is 27.1. The van der Waals surface area contributed by atoms with Gasteiger partial charge in [-0.2, -0.15) is 0 Å². The van der Waals surface area contributed by atoms with E-state index < -0.39 is 0 Å². The molecule has 0 spiro atoms. The maximum Gasteiger partial charge on any atom is 0.174 e. The van der Waals surface area contributed by atoms with Crippen molar-refractivity contribution in [2.24, 2.45) is 0 Å². The first-order chi connectivity index (χ1) is 20.8. The molecule has 6 heteroatoms. The molecule has 5 aromatic carbocycles. The van der Waals surface area contributed by atoms with E-state index in [-0.39, 0.29) is 12.1 Å². The Hall–Kier alpha value is -5.07. The molecule has 0 amide bonds. The molecule has 1 aromatic heterocycles. The number of benzene rings is 5. The van der Waals surface area contributed by atoms with Crippen LogP contribution in [0, 0.1) is 0 Å². The molecule has 0 aliphatic carbocycles. The highest BCUT2D eigenvalue weighted by molar-refractivity contribution is 5.36. The molecular formula is C36H33N5O. The largest absolute Gasteiger partial charge is 0.497 e. The van der Waals surface area contributed by atoms with E-state index in [9.17, 15) is 0 Å². The van der Waals surface area contributed by atoms with Crippen molar-refractivity contribution in [1.82, 2.24) is 25.1 Å². The Morgan fingerprint density at radius 1 is 0.595 bits per heavy atom. The van der Waals surface area contributed by atoms with E-state index in [1.54, 1.807) is 7.11 Å². The van der Waals surface area contributed by atoms with Crippen molar-refractivity contribution in [3.63, 3.8) is 0 Å². The number of tetrazole rings is 1. The molecule has 6 nitrogen and oxygen atoms in total. The summed E-state index contributed by atoms with van der Waals surface area (Å²) in [6, 6.07) is 49.8. The van der Waals surface area contributed by atoms with Crippen LogP contribution in [0.5, 0.6) is 5.75 Å². The number of hydrogen-bond donors (Lipinski definition) is 0. The fourth-order valence-electron chi connectivity index (χ4n) is 5.49. The highest BCUT2D eigenvalue weighted by atomic mass is 16.5. The third-order valence-corrected chi connectivity index (χ3v) is 7.49. The molecule has 42 heavy (non-hydrogen) atoms.